The van der Waals surface area contributed by atoms with Crippen molar-refractivity contribution < 1.29 is 14.2 Å². The van der Waals surface area contributed by atoms with Crippen LogP contribution >= 0.6 is 0 Å². The lowest BCUT2D eigenvalue weighted by Crippen LogP contribution is -2.18. The van der Waals surface area contributed by atoms with Crippen LogP contribution < -0.4 is 10.5 Å². The molecule has 100 valence electrons. The van der Waals surface area contributed by atoms with Gasteiger partial charge in [-0.2, -0.15) is 0 Å². The second kappa shape index (κ2) is 7.68. The summed E-state index contributed by atoms with van der Waals surface area (Å²) in [6.45, 7) is 3.52. The third-order valence-corrected chi connectivity index (χ3v) is 2.32. The van der Waals surface area contributed by atoms with Crippen molar-refractivity contribution >= 4 is 5.84 Å². The molecule has 0 aliphatic rings. The highest BCUT2D eigenvalue weighted by Gasteiger charge is 2.01. The molecule has 0 amide bonds. The van der Waals surface area contributed by atoms with Gasteiger partial charge in [0.05, 0.1) is 19.3 Å². The van der Waals surface area contributed by atoms with Gasteiger partial charge < -0.3 is 19.9 Å². The summed E-state index contributed by atoms with van der Waals surface area (Å²) in [6, 6.07) is 7.09. The molecule has 1 aromatic carbocycles. The molecule has 5 nitrogen and oxygen atoms in total. The first-order chi connectivity index (χ1) is 8.63. The Kier molecular flexibility index (Phi) is 6.18. The van der Waals surface area contributed by atoms with E-state index in [9.17, 15) is 0 Å². The summed E-state index contributed by atoms with van der Waals surface area (Å²) >= 11 is 0. The molecule has 0 fully saturated rings. The number of nitrogens with one attached hydrogen (secondary N) is 1. The maximum Gasteiger partial charge on any atom is 0.122 e. The van der Waals surface area contributed by atoms with Gasteiger partial charge in [-0.3, -0.25) is 5.41 Å². The minimum Gasteiger partial charge on any atom is -0.491 e. The molecule has 1 unspecified atom stereocenters. The third kappa shape index (κ3) is 5.16. The van der Waals surface area contributed by atoms with Gasteiger partial charge in [0.2, 0.25) is 0 Å². The van der Waals surface area contributed by atoms with E-state index in [4.69, 9.17) is 25.4 Å². The Morgan fingerprint density at radius 1 is 1.28 bits per heavy atom. The van der Waals surface area contributed by atoms with E-state index < -0.39 is 0 Å². The summed E-state index contributed by atoms with van der Waals surface area (Å²) in [5, 5.41) is 7.27. The van der Waals surface area contributed by atoms with Gasteiger partial charge in [0, 0.05) is 12.7 Å². The standard InChI is InChI=1S/C13H20N2O3/c1-10(9-16-2)17-7-8-18-12-5-3-11(4-6-12)13(14)15/h3-6,10H,7-9H2,1-2H3,(H3,14,15). The lowest BCUT2D eigenvalue weighted by molar-refractivity contribution is -0.00214. The van der Waals surface area contributed by atoms with Crippen molar-refractivity contribution in [2.75, 3.05) is 26.9 Å². The lowest BCUT2D eigenvalue weighted by atomic mass is 10.2. The Labute approximate surface area is 107 Å². The molecule has 0 saturated carbocycles. The van der Waals surface area contributed by atoms with Gasteiger partial charge in [-0.25, -0.2) is 0 Å². The van der Waals surface area contributed by atoms with E-state index in [1.807, 2.05) is 6.92 Å². The van der Waals surface area contributed by atoms with Crippen LogP contribution in [0.3, 0.4) is 0 Å². The van der Waals surface area contributed by atoms with Crippen molar-refractivity contribution in [1.29, 1.82) is 5.41 Å². The van der Waals surface area contributed by atoms with E-state index in [0.29, 0.717) is 25.4 Å². The Balaban J connectivity index is 2.25. The highest BCUT2D eigenvalue weighted by atomic mass is 16.5. The van der Waals surface area contributed by atoms with Crippen LogP contribution in [-0.2, 0) is 9.47 Å². The van der Waals surface area contributed by atoms with E-state index in [-0.39, 0.29) is 11.9 Å². The number of benzene rings is 1. The Morgan fingerprint density at radius 2 is 1.94 bits per heavy atom. The molecule has 1 atom stereocenters. The van der Waals surface area contributed by atoms with Crippen LogP contribution in [0.2, 0.25) is 0 Å². The number of nitrogen functional groups attached to an aromatic ring is 1. The van der Waals surface area contributed by atoms with Crippen molar-refractivity contribution in [2.45, 2.75) is 13.0 Å². The Hall–Kier alpha value is -1.59. The smallest absolute Gasteiger partial charge is 0.122 e. The summed E-state index contributed by atoms with van der Waals surface area (Å²) < 4.78 is 15.9. The van der Waals surface area contributed by atoms with E-state index in [2.05, 4.69) is 0 Å². The largest absolute Gasteiger partial charge is 0.491 e. The van der Waals surface area contributed by atoms with Gasteiger partial charge in [0.1, 0.15) is 18.2 Å². The van der Waals surface area contributed by atoms with Crippen LogP contribution in [0.4, 0.5) is 0 Å². The molecule has 0 aliphatic carbocycles. The lowest BCUT2D eigenvalue weighted by Gasteiger charge is -2.12. The fraction of sp³-hybridized carbons (Fsp3) is 0.462. The van der Waals surface area contributed by atoms with Gasteiger partial charge in [0.25, 0.3) is 0 Å². The number of rotatable bonds is 8. The van der Waals surface area contributed by atoms with E-state index >= 15 is 0 Å². The molecule has 1 aromatic rings. The van der Waals surface area contributed by atoms with Crippen LogP contribution in [0.1, 0.15) is 12.5 Å². The van der Waals surface area contributed by atoms with Crippen LogP contribution in [0.15, 0.2) is 24.3 Å². The predicted octanol–water partition coefficient (Wildman–Crippen LogP) is 1.40. The van der Waals surface area contributed by atoms with Crippen LogP contribution in [-0.4, -0.2) is 38.9 Å². The van der Waals surface area contributed by atoms with Crippen LogP contribution in [0.25, 0.3) is 0 Å². The summed E-state index contributed by atoms with van der Waals surface area (Å²) in [6.07, 6.45) is 0.0682. The maximum absolute atomic E-state index is 7.27. The van der Waals surface area contributed by atoms with Crippen molar-refractivity contribution in [3.05, 3.63) is 29.8 Å². The molecular formula is C13H20N2O3. The minimum absolute atomic E-state index is 0.0540. The van der Waals surface area contributed by atoms with E-state index in [0.717, 1.165) is 5.75 Å². The summed E-state index contributed by atoms with van der Waals surface area (Å²) in [5.74, 6) is 0.793. The number of ether oxygens (including phenoxy) is 3. The molecule has 0 saturated heterocycles. The van der Waals surface area contributed by atoms with Gasteiger partial charge in [0.15, 0.2) is 0 Å². The zero-order valence-corrected chi connectivity index (χ0v) is 10.8. The molecule has 1 rings (SSSR count). The minimum atomic E-state index is 0.0540. The van der Waals surface area contributed by atoms with Crippen molar-refractivity contribution in [2.24, 2.45) is 5.73 Å². The van der Waals surface area contributed by atoms with Gasteiger partial charge >= 0.3 is 0 Å². The Bertz CT molecular complexity index is 365. The molecular weight excluding hydrogens is 232 g/mol. The topological polar surface area (TPSA) is 77.6 Å². The van der Waals surface area contributed by atoms with Crippen LogP contribution in [0, 0.1) is 5.41 Å². The number of nitrogens with two attached hydrogens (primary N) is 1. The molecule has 0 bridgehead atoms. The molecule has 0 radical (unpaired) electrons. The molecule has 0 aliphatic heterocycles. The SMILES string of the molecule is COCC(C)OCCOc1ccc(C(=N)N)cc1. The van der Waals surface area contributed by atoms with Gasteiger partial charge in [-0.1, -0.05) is 0 Å². The van der Waals surface area contributed by atoms with E-state index in [1.54, 1.807) is 31.4 Å². The fourth-order valence-corrected chi connectivity index (χ4v) is 1.42. The average Bonchev–Trinajstić information content (AvgIpc) is 2.35. The van der Waals surface area contributed by atoms with E-state index in [1.165, 1.54) is 0 Å². The van der Waals surface area contributed by atoms with Crippen molar-refractivity contribution in [3.8, 4) is 5.75 Å². The number of hydrogen-bond donors (Lipinski definition) is 2. The maximum atomic E-state index is 7.27. The molecule has 0 aromatic heterocycles. The van der Waals surface area contributed by atoms with Gasteiger partial charge in [-0.15, -0.1) is 0 Å². The van der Waals surface area contributed by atoms with Crippen LogP contribution in [0.5, 0.6) is 5.75 Å². The number of methoxy groups -OCH3 is 1. The summed E-state index contributed by atoms with van der Waals surface area (Å²) in [4.78, 5) is 0. The third-order valence-electron chi connectivity index (χ3n) is 2.32. The second-order valence-corrected chi connectivity index (χ2v) is 3.92. The molecule has 0 spiro atoms. The number of amidine groups is 1. The summed E-state index contributed by atoms with van der Waals surface area (Å²) in [7, 11) is 1.65. The predicted molar refractivity (Wildman–Crippen MR) is 70.2 cm³/mol. The first-order valence-corrected chi connectivity index (χ1v) is 5.81. The highest BCUT2D eigenvalue weighted by molar-refractivity contribution is 5.94. The van der Waals surface area contributed by atoms with Crippen molar-refractivity contribution in [1.82, 2.24) is 0 Å². The first kappa shape index (κ1) is 14.5. The Morgan fingerprint density at radius 3 is 2.50 bits per heavy atom. The number of hydrogen-bond acceptors (Lipinski definition) is 4. The summed E-state index contributed by atoms with van der Waals surface area (Å²) in [5.41, 5.74) is 6.05. The monoisotopic (exact) mass is 252 g/mol. The molecule has 18 heavy (non-hydrogen) atoms. The quantitative estimate of drug-likeness (QED) is 0.416. The first-order valence-electron chi connectivity index (χ1n) is 5.81. The average molecular weight is 252 g/mol. The molecule has 5 heteroatoms. The fourth-order valence-electron chi connectivity index (χ4n) is 1.42. The molecule has 3 N–H and O–H groups in total. The zero-order valence-electron chi connectivity index (χ0n) is 10.8. The highest BCUT2D eigenvalue weighted by Crippen LogP contribution is 2.11. The van der Waals surface area contributed by atoms with Gasteiger partial charge in [-0.05, 0) is 31.2 Å². The molecule has 0 heterocycles. The van der Waals surface area contributed by atoms with Crippen molar-refractivity contribution in [3.63, 3.8) is 0 Å². The zero-order chi connectivity index (χ0) is 13.4. The second-order valence-electron chi connectivity index (χ2n) is 3.92. The normalized spacial score (nSPS) is 12.1.